The fourth-order valence-corrected chi connectivity index (χ4v) is 4.78. The summed E-state index contributed by atoms with van der Waals surface area (Å²) < 4.78 is 88.5. The average molecular weight is 519 g/mol. The third kappa shape index (κ3) is 6.51. The first-order valence-electron chi connectivity index (χ1n) is 11.8. The second-order valence-electron chi connectivity index (χ2n) is 9.47. The molecular weight excluding hydrogens is 492 g/mol. The zero-order chi connectivity index (χ0) is 25.9. The summed E-state index contributed by atoms with van der Waals surface area (Å²) in [6.07, 6.45) is 0.191. The van der Waals surface area contributed by atoms with Crippen molar-refractivity contribution in [2.24, 2.45) is 17.8 Å². The summed E-state index contributed by atoms with van der Waals surface area (Å²) >= 11 is 0. The molecule has 2 aliphatic rings. The fraction of sp³-hybridized carbons (Fsp3) is 0.583. The number of amides is 1. The van der Waals surface area contributed by atoms with Crippen LogP contribution in [-0.2, 0) is 6.54 Å². The van der Waals surface area contributed by atoms with E-state index >= 15 is 0 Å². The van der Waals surface area contributed by atoms with Gasteiger partial charge in [-0.25, -0.2) is 4.39 Å². The molecule has 4 rings (SSSR count). The Labute approximate surface area is 203 Å². The molecule has 1 saturated carbocycles. The molecule has 1 aliphatic heterocycles. The van der Waals surface area contributed by atoms with E-state index in [4.69, 9.17) is 4.74 Å². The van der Waals surface area contributed by atoms with Gasteiger partial charge in [0.15, 0.2) is 0 Å². The van der Waals surface area contributed by atoms with Crippen molar-refractivity contribution in [1.29, 1.82) is 0 Å². The molecule has 0 unspecified atom stereocenters. The van der Waals surface area contributed by atoms with E-state index in [1.165, 1.54) is 29.5 Å². The number of alkyl halides is 5. The van der Waals surface area contributed by atoms with Crippen LogP contribution >= 0.6 is 0 Å². The van der Waals surface area contributed by atoms with E-state index in [1.54, 1.807) is 0 Å². The second kappa shape index (κ2) is 10.7. The molecule has 1 amide bonds. The molecule has 198 valence electrons. The van der Waals surface area contributed by atoms with Gasteiger partial charge in [0.2, 0.25) is 0 Å². The van der Waals surface area contributed by atoms with E-state index in [9.17, 15) is 31.1 Å². The van der Waals surface area contributed by atoms with Crippen LogP contribution in [0.1, 0.15) is 41.6 Å². The number of likely N-dealkylation sites (tertiary alicyclic amines) is 1. The molecule has 6 nitrogen and oxygen atoms in total. The van der Waals surface area contributed by atoms with Crippen molar-refractivity contribution in [2.75, 3.05) is 26.2 Å². The Morgan fingerprint density at radius 3 is 2.58 bits per heavy atom. The summed E-state index contributed by atoms with van der Waals surface area (Å²) in [7, 11) is 0. The van der Waals surface area contributed by atoms with Gasteiger partial charge < -0.3 is 14.6 Å². The highest BCUT2D eigenvalue weighted by Gasteiger charge is 2.58. The Bertz CT molecular complexity index is 1020. The number of nitrogens with zero attached hydrogens (tertiary/aromatic N) is 2. The van der Waals surface area contributed by atoms with Crippen molar-refractivity contribution in [3.05, 3.63) is 47.6 Å². The first-order chi connectivity index (χ1) is 17.0. The highest BCUT2D eigenvalue weighted by atomic mass is 19.4. The maximum atomic E-state index is 14.4. The number of carbonyl (C=O) groups excluding carboxylic acids is 1. The van der Waals surface area contributed by atoms with Crippen molar-refractivity contribution >= 4 is 5.91 Å². The Balaban J connectivity index is 1.15. The molecule has 12 heteroatoms. The predicted octanol–water partition coefficient (Wildman–Crippen LogP) is 5.06. The summed E-state index contributed by atoms with van der Waals surface area (Å²) in [4.78, 5) is 13.4. The largest absolute Gasteiger partial charge is 0.493 e. The van der Waals surface area contributed by atoms with Crippen LogP contribution in [0.15, 0.2) is 35.2 Å². The van der Waals surface area contributed by atoms with Crippen LogP contribution in [0.2, 0.25) is 0 Å². The fourth-order valence-electron chi connectivity index (χ4n) is 4.78. The van der Waals surface area contributed by atoms with Crippen LogP contribution < -0.4 is 10.1 Å². The molecule has 2 heterocycles. The van der Waals surface area contributed by atoms with E-state index in [0.717, 1.165) is 18.9 Å². The van der Waals surface area contributed by atoms with Crippen molar-refractivity contribution in [3.8, 4) is 5.75 Å². The molecule has 0 bridgehead atoms. The number of halogens is 6. The maximum Gasteiger partial charge on any atom is 0.454 e. The highest BCUT2D eigenvalue weighted by Crippen LogP contribution is 2.50. The van der Waals surface area contributed by atoms with Gasteiger partial charge >= 0.3 is 12.1 Å². The van der Waals surface area contributed by atoms with Crippen molar-refractivity contribution in [1.82, 2.24) is 15.4 Å². The van der Waals surface area contributed by atoms with Gasteiger partial charge in [0.1, 0.15) is 17.8 Å². The minimum absolute atomic E-state index is 0.111. The lowest BCUT2D eigenvalue weighted by Crippen LogP contribution is -2.49. The van der Waals surface area contributed by atoms with Crippen LogP contribution in [0, 0.1) is 23.6 Å². The number of hydrogen-bond acceptors (Lipinski definition) is 5. The van der Waals surface area contributed by atoms with Crippen LogP contribution in [0.3, 0.4) is 0 Å². The molecule has 2 fully saturated rings. The molecule has 0 spiro atoms. The third-order valence-electron chi connectivity index (χ3n) is 6.93. The zero-order valence-corrected chi connectivity index (χ0v) is 19.4. The van der Waals surface area contributed by atoms with Crippen molar-refractivity contribution < 1.29 is 40.4 Å². The van der Waals surface area contributed by atoms with Gasteiger partial charge in [-0.05, 0) is 68.7 Å². The summed E-state index contributed by atoms with van der Waals surface area (Å²) in [5.41, 5.74) is 0.538. The van der Waals surface area contributed by atoms with E-state index in [2.05, 4.69) is 15.0 Å². The number of benzene rings is 1. The number of nitrogens with one attached hydrogen (secondary N) is 1. The molecular formula is C24H27F6N3O3. The quantitative estimate of drug-likeness (QED) is 0.445. The van der Waals surface area contributed by atoms with Gasteiger partial charge in [-0.3, -0.25) is 9.69 Å². The second-order valence-corrected chi connectivity index (χ2v) is 9.47. The summed E-state index contributed by atoms with van der Waals surface area (Å²) in [5.74, 6) is -4.56. The molecule has 2 aromatic rings. The maximum absolute atomic E-state index is 14.4. The Morgan fingerprint density at radius 2 is 1.94 bits per heavy atom. The molecule has 1 N–H and O–H groups in total. The molecule has 1 aromatic heterocycles. The summed E-state index contributed by atoms with van der Waals surface area (Å²) in [6, 6.07) is 4.03. The van der Waals surface area contributed by atoms with Crippen molar-refractivity contribution in [3.63, 3.8) is 0 Å². The smallest absolute Gasteiger partial charge is 0.454 e. The Morgan fingerprint density at radius 1 is 1.19 bits per heavy atom. The monoisotopic (exact) mass is 519 g/mol. The van der Waals surface area contributed by atoms with E-state index in [-0.39, 0.29) is 25.2 Å². The minimum Gasteiger partial charge on any atom is -0.493 e. The Kier molecular flexibility index (Phi) is 7.82. The number of aromatic nitrogens is 1. The van der Waals surface area contributed by atoms with Gasteiger partial charge in [0.05, 0.1) is 24.9 Å². The van der Waals surface area contributed by atoms with Gasteiger partial charge in [-0.2, -0.15) is 22.0 Å². The lowest BCUT2D eigenvalue weighted by molar-refractivity contribution is -0.287. The molecule has 2 atom stereocenters. The van der Waals surface area contributed by atoms with Gasteiger partial charge in [0, 0.05) is 18.2 Å². The van der Waals surface area contributed by atoms with Crippen molar-refractivity contribution in [2.45, 2.75) is 44.3 Å². The number of carbonyl (C=O) groups is 1. The summed E-state index contributed by atoms with van der Waals surface area (Å²) in [5, 5.41) is 6.10. The molecule has 1 aromatic carbocycles. The van der Waals surface area contributed by atoms with Crippen LogP contribution in [0.25, 0.3) is 0 Å². The topological polar surface area (TPSA) is 67.6 Å². The van der Waals surface area contributed by atoms with Gasteiger partial charge in [-0.15, -0.1) is 0 Å². The average Bonchev–Trinajstić information content (AvgIpc) is 3.38. The third-order valence-corrected chi connectivity index (χ3v) is 6.93. The number of ether oxygens (including phenoxy) is 1. The highest BCUT2D eigenvalue weighted by molar-refractivity contribution is 5.94. The van der Waals surface area contributed by atoms with Gasteiger partial charge in [-0.1, -0.05) is 5.16 Å². The molecule has 1 aliphatic carbocycles. The van der Waals surface area contributed by atoms with Crippen LogP contribution in [0.5, 0.6) is 5.75 Å². The van der Waals surface area contributed by atoms with Crippen LogP contribution in [0.4, 0.5) is 26.3 Å². The Hall–Kier alpha value is -2.76. The lowest BCUT2D eigenvalue weighted by atomic mass is 9.90. The van der Waals surface area contributed by atoms with E-state index < -0.39 is 30.4 Å². The summed E-state index contributed by atoms with van der Waals surface area (Å²) in [6.45, 7) is -0.315. The first-order valence-corrected chi connectivity index (χ1v) is 11.8. The lowest BCUT2D eigenvalue weighted by Gasteiger charge is -2.34. The standard InChI is InChI=1S/C24H27F6N3O3/c25-21-10-18(1-2-19(21)22(34)31-11-15-12-32-36-13-15)35-8-5-17-9-20(17)16-3-6-33(7-4-16)14-23(26,27)24(28,29)30/h1-2,10,12-13,16-17,20H,3-9,11,14H2,(H,31,34)/t17-,20-/m1/s1. The number of piperidine rings is 1. The van der Waals surface area contributed by atoms with Crippen LogP contribution in [-0.4, -0.2) is 54.3 Å². The normalized spacial score (nSPS) is 21.4. The van der Waals surface area contributed by atoms with E-state index in [1.807, 2.05) is 0 Å². The van der Waals surface area contributed by atoms with Gasteiger partial charge in [0.25, 0.3) is 5.91 Å². The predicted molar refractivity (Wildman–Crippen MR) is 116 cm³/mol. The SMILES string of the molecule is O=C(NCc1cnoc1)c1ccc(OCC[C@@H]2C[C@@H]2C2CCN(CC(F)(F)C(F)(F)F)CC2)cc1F. The molecule has 1 saturated heterocycles. The number of rotatable bonds is 10. The molecule has 0 radical (unpaired) electrons. The molecule has 36 heavy (non-hydrogen) atoms. The first kappa shape index (κ1) is 26.3. The minimum atomic E-state index is -5.53. The zero-order valence-electron chi connectivity index (χ0n) is 19.4. The van der Waals surface area contributed by atoms with E-state index in [0.29, 0.717) is 48.5 Å². The number of hydrogen-bond donors (Lipinski definition) is 1.